The monoisotopic (exact) mass is 358 g/mol. The number of aromatic nitrogens is 2. The summed E-state index contributed by atoms with van der Waals surface area (Å²) in [6, 6.07) is 22.3. The first-order valence-electron chi connectivity index (χ1n) is 8.19. The highest BCUT2D eigenvalue weighted by Gasteiger charge is 2.25. The van der Waals surface area contributed by atoms with Crippen LogP contribution in [0.15, 0.2) is 79.1 Å². The topological polar surface area (TPSA) is 90.2 Å². The van der Waals surface area contributed by atoms with E-state index in [1.165, 1.54) is 6.33 Å². The normalized spacial score (nSPS) is 10.5. The molecule has 0 aliphatic heterocycles. The van der Waals surface area contributed by atoms with Crippen molar-refractivity contribution in [2.75, 3.05) is 5.32 Å². The standard InChI is InChI=1S/C20H14N4O3/c25-24(26)18-19(23-16-8-2-1-3-9-16)21-13-22-20(18)27-17-11-10-14-6-4-5-7-15(14)12-17/h1-13H,(H,21,22,23). The third-order valence-corrected chi connectivity index (χ3v) is 3.94. The SMILES string of the molecule is O=[N+]([O-])c1c(Nc2ccccc2)ncnc1Oc1ccc2ccccc2c1. The first-order valence-corrected chi connectivity index (χ1v) is 8.19. The molecule has 0 unspecified atom stereocenters. The molecule has 1 aromatic heterocycles. The molecule has 0 radical (unpaired) electrons. The van der Waals surface area contributed by atoms with Crippen molar-refractivity contribution in [2.45, 2.75) is 0 Å². The molecule has 1 heterocycles. The number of hydrogen-bond donors (Lipinski definition) is 1. The molecule has 1 N–H and O–H groups in total. The number of ether oxygens (including phenoxy) is 1. The first kappa shape index (κ1) is 16.5. The van der Waals surface area contributed by atoms with Crippen molar-refractivity contribution in [2.24, 2.45) is 0 Å². The predicted molar refractivity (Wildman–Crippen MR) is 102 cm³/mol. The van der Waals surface area contributed by atoms with Crippen molar-refractivity contribution in [1.29, 1.82) is 0 Å². The number of anilines is 2. The third-order valence-electron chi connectivity index (χ3n) is 3.94. The fourth-order valence-electron chi connectivity index (χ4n) is 2.69. The van der Waals surface area contributed by atoms with Crippen molar-refractivity contribution in [1.82, 2.24) is 9.97 Å². The smallest absolute Gasteiger partial charge is 0.373 e. The van der Waals surface area contributed by atoms with Gasteiger partial charge in [-0.15, -0.1) is 0 Å². The Balaban J connectivity index is 1.71. The van der Waals surface area contributed by atoms with Crippen molar-refractivity contribution in [3.05, 3.63) is 89.2 Å². The van der Waals surface area contributed by atoms with Crippen LogP contribution >= 0.6 is 0 Å². The van der Waals surface area contributed by atoms with Gasteiger partial charge < -0.3 is 10.1 Å². The molecule has 0 saturated carbocycles. The van der Waals surface area contributed by atoms with E-state index < -0.39 is 4.92 Å². The number of hydrogen-bond acceptors (Lipinski definition) is 6. The highest BCUT2D eigenvalue weighted by molar-refractivity contribution is 5.83. The molecule has 0 fully saturated rings. The molecule has 0 aliphatic rings. The van der Waals surface area contributed by atoms with Crippen LogP contribution in [0.3, 0.4) is 0 Å². The fourth-order valence-corrected chi connectivity index (χ4v) is 2.69. The van der Waals surface area contributed by atoms with Crippen molar-refractivity contribution >= 4 is 28.0 Å². The molecule has 3 aromatic carbocycles. The minimum absolute atomic E-state index is 0.0667. The lowest BCUT2D eigenvalue weighted by Crippen LogP contribution is -2.03. The van der Waals surface area contributed by atoms with Crippen LogP contribution in [-0.4, -0.2) is 14.9 Å². The fraction of sp³-hybridized carbons (Fsp3) is 0. The maximum absolute atomic E-state index is 11.6. The number of nitro groups is 1. The zero-order chi connectivity index (χ0) is 18.6. The Morgan fingerprint density at radius 1 is 0.889 bits per heavy atom. The Morgan fingerprint density at radius 2 is 1.63 bits per heavy atom. The van der Waals surface area contributed by atoms with Gasteiger partial charge in [-0.25, -0.2) is 4.98 Å². The van der Waals surface area contributed by atoms with E-state index in [-0.39, 0.29) is 17.4 Å². The summed E-state index contributed by atoms with van der Waals surface area (Å²) in [5, 5.41) is 16.6. The van der Waals surface area contributed by atoms with Gasteiger partial charge >= 0.3 is 11.6 Å². The van der Waals surface area contributed by atoms with Crippen LogP contribution in [0.4, 0.5) is 17.2 Å². The number of benzene rings is 3. The van der Waals surface area contributed by atoms with Gasteiger partial charge in [-0.3, -0.25) is 10.1 Å². The molecule has 0 amide bonds. The molecule has 0 aliphatic carbocycles. The summed E-state index contributed by atoms with van der Waals surface area (Å²) in [5.74, 6) is 0.405. The lowest BCUT2D eigenvalue weighted by Gasteiger charge is -2.10. The molecule has 4 aromatic rings. The highest BCUT2D eigenvalue weighted by atomic mass is 16.6. The summed E-state index contributed by atoms with van der Waals surface area (Å²) in [7, 11) is 0. The number of nitrogens with one attached hydrogen (secondary N) is 1. The van der Waals surface area contributed by atoms with Crippen LogP contribution in [0.1, 0.15) is 0 Å². The largest absolute Gasteiger partial charge is 0.434 e. The van der Waals surface area contributed by atoms with Gasteiger partial charge in [0.25, 0.3) is 0 Å². The summed E-state index contributed by atoms with van der Waals surface area (Å²) >= 11 is 0. The third kappa shape index (κ3) is 3.52. The molecule has 4 rings (SSSR count). The van der Waals surface area contributed by atoms with E-state index in [1.807, 2.05) is 54.6 Å². The second kappa shape index (κ2) is 7.09. The molecule has 132 valence electrons. The average Bonchev–Trinajstić information content (AvgIpc) is 2.68. The van der Waals surface area contributed by atoms with Crippen LogP contribution in [0, 0.1) is 10.1 Å². The lowest BCUT2D eigenvalue weighted by molar-refractivity contribution is -0.385. The minimum atomic E-state index is -0.554. The number of para-hydroxylation sites is 1. The summed E-state index contributed by atoms with van der Waals surface area (Å²) in [5.41, 5.74) is 0.352. The second-order valence-electron chi connectivity index (χ2n) is 5.74. The average molecular weight is 358 g/mol. The minimum Gasteiger partial charge on any atom is -0.434 e. The zero-order valence-electron chi connectivity index (χ0n) is 14.1. The molecule has 0 atom stereocenters. The van der Waals surface area contributed by atoms with Crippen molar-refractivity contribution < 1.29 is 9.66 Å². The van der Waals surface area contributed by atoms with Gasteiger partial charge in [0.05, 0.1) is 4.92 Å². The Labute approximate surface area is 154 Å². The van der Waals surface area contributed by atoms with Crippen LogP contribution in [-0.2, 0) is 0 Å². The Morgan fingerprint density at radius 3 is 2.41 bits per heavy atom. The van der Waals surface area contributed by atoms with E-state index in [9.17, 15) is 10.1 Å². The van der Waals surface area contributed by atoms with Gasteiger partial charge in [-0.05, 0) is 35.0 Å². The van der Waals surface area contributed by atoms with E-state index in [4.69, 9.17) is 4.74 Å². The van der Waals surface area contributed by atoms with Gasteiger partial charge in [-0.1, -0.05) is 48.5 Å². The molecule has 0 bridgehead atoms. The van der Waals surface area contributed by atoms with E-state index in [0.717, 1.165) is 10.8 Å². The second-order valence-corrected chi connectivity index (χ2v) is 5.74. The van der Waals surface area contributed by atoms with Crippen LogP contribution in [0.25, 0.3) is 10.8 Å². The molecule has 0 spiro atoms. The number of rotatable bonds is 5. The van der Waals surface area contributed by atoms with E-state index in [1.54, 1.807) is 18.2 Å². The predicted octanol–water partition coefficient (Wildman–Crippen LogP) is 5.07. The summed E-state index contributed by atoms with van der Waals surface area (Å²) in [4.78, 5) is 19.1. The van der Waals surface area contributed by atoms with Gasteiger partial charge in [0.1, 0.15) is 12.1 Å². The molecular weight excluding hydrogens is 344 g/mol. The Kier molecular flexibility index (Phi) is 4.32. The quantitative estimate of drug-likeness (QED) is 0.395. The van der Waals surface area contributed by atoms with Crippen LogP contribution < -0.4 is 10.1 Å². The van der Waals surface area contributed by atoms with E-state index in [0.29, 0.717) is 11.4 Å². The van der Waals surface area contributed by atoms with E-state index >= 15 is 0 Å². The summed E-state index contributed by atoms with van der Waals surface area (Å²) in [6.45, 7) is 0. The van der Waals surface area contributed by atoms with Gasteiger partial charge in [-0.2, -0.15) is 4.98 Å². The van der Waals surface area contributed by atoms with Crippen LogP contribution in [0.5, 0.6) is 11.6 Å². The van der Waals surface area contributed by atoms with Gasteiger partial charge in [0.2, 0.25) is 5.82 Å². The van der Waals surface area contributed by atoms with Crippen molar-refractivity contribution in [3.63, 3.8) is 0 Å². The molecule has 7 heteroatoms. The summed E-state index contributed by atoms with van der Waals surface area (Å²) in [6.07, 6.45) is 1.23. The lowest BCUT2D eigenvalue weighted by atomic mass is 10.1. The van der Waals surface area contributed by atoms with Crippen molar-refractivity contribution in [3.8, 4) is 11.6 Å². The maximum atomic E-state index is 11.6. The van der Waals surface area contributed by atoms with Gasteiger partial charge in [0.15, 0.2) is 0 Å². The number of fused-ring (bicyclic) bond motifs is 1. The zero-order valence-corrected chi connectivity index (χ0v) is 14.1. The maximum Gasteiger partial charge on any atom is 0.373 e. The molecule has 7 nitrogen and oxygen atoms in total. The van der Waals surface area contributed by atoms with Crippen LogP contribution in [0.2, 0.25) is 0 Å². The molecular formula is C20H14N4O3. The Bertz CT molecular complexity index is 1120. The highest BCUT2D eigenvalue weighted by Crippen LogP contribution is 2.36. The molecule has 27 heavy (non-hydrogen) atoms. The molecule has 0 saturated heterocycles. The van der Waals surface area contributed by atoms with E-state index in [2.05, 4.69) is 15.3 Å². The summed E-state index contributed by atoms with van der Waals surface area (Å²) < 4.78 is 5.72. The first-order chi connectivity index (χ1) is 13.2. The van der Waals surface area contributed by atoms with Gasteiger partial charge in [0, 0.05) is 5.69 Å². The Hall–Kier alpha value is -4.00. The number of nitrogens with zero attached hydrogens (tertiary/aromatic N) is 3.